The Morgan fingerprint density at radius 3 is 2.62 bits per heavy atom. The zero-order valence-corrected chi connectivity index (χ0v) is 9.03. The van der Waals surface area contributed by atoms with E-state index in [-0.39, 0.29) is 13.0 Å². The van der Waals surface area contributed by atoms with Crippen molar-refractivity contribution in [2.45, 2.75) is 26.4 Å². The van der Waals surface area contributed by atoms with Gasteiger partial charge in [0.2, 0.25) is 0 Å². The Morgan fingerprint density at radius 1 is 1.50 bits per heavy atom. The van der Waals surface area contributed by atoms with Gasteiger partial charge in [0.15, 0.2) is 0 Å². The summed E-state index contributed by atoms with van der Waals surface area (Å²) in [5.74, 6) is -0.936. The molecule has 84 valence electrons. The first-order valence-electron chi connectivity index (χ1n) is 4.99. The lowest BCUT2D eigenvalue weighted by Gasteiger charge is -2.10. The highest BCUT2D eigenvalue weighted by Gasteiger charge is 2.11. The number of aliphatic hydroxyl groups excluding tert-OH is 1. The van der Waals surface area contributed by atoms with E-state index in [0.717, 1.165) is 5.56 Å². The number of aliphatic carboxylic acids is 1. The molecule has 1 aromatic rings. The van der Waals surface area contributed by atoms with E-state index >= 15 is 0 Å². The number of benzene rings is 1. The maximum atomic E-state index is 10.7. The first-order chi connectivity index (χ1) is 7.62. The lowest BCUT2D eigenvalue weighted by molar-refractivity contribution is -0.136. The summed E-state index contributed by atoms with van der Waals surface area (Å²) in [4.78, 5) is 10.7. The molecule has 1 rings (SSSR count). The second-order valence-corrected chi connectivity index (χ2v) is 3.48. The Hall–Kier alpha value is -1.86. The van der Waals surface area contributed by atoms with Gasteiger partial charge in [-0.1, -0.05) is 13.0 Å². The molecule has 0 saturated heterocycles. The first-order valence-corrected chi connectivity index (χ1v) is 4.99. The average Bonchev–Trinajstić information content (AvgIpc) is 2.27. The zero-order valence-electron chi connectivity index (χ0n) is 9.03. The second kappa shape index (κ2) is 5.29. The van der Waals surface area contributed by atoms with Crippen molar-refractivity contribution in [1.29, 1.82) is 5.26 Å². The van der Waals surface area contributed by atoms with Gasteiger partial charge in [-0.3, -0.25) is 4.79 Å². The molecule has 0 atom stereocenters. The van der Waals surface area contributed by atoms with Crippen LogP contribution in [0.25, 0.3) is 0 Å². The third kappa shape index (κ3) is 2.59. The fourth-order valence-electron chi connectivity index (χ4n) is 1.73. The molecule has 0 aromatic heterocycles. The lowest BCUT2D eigenvalue weighted by Crippen LogP contribution is -2.06. The molecule has 0 aliphatic rings. The molecule has 0 fully saturated rings. The van der Waals surface area contributed by atoms with Crippen LogP contribution in [0.15, 0.2) is 12.1 Å². The molecular weight excluding hydrogens is 206 g/mol. The van der Waals surface area contributed by atoms with Gasteiger partial charge < -0.3 is 10.2 Å². The van der Waals surface area contributed by atoms with E-state index in [2.05, 4.69) is 0 Å². The maximum Gasteiger partial charge on any atom is 0.307 e. The molecular formula is C12H13NO3. The lowest BCUT2D eigenvalue weighted by atomic mass is 9.94. The summed E-state index contributed by atoms with van der Waals surface area (Å²) in [6.07, 6.45) is 0.489. The van der Waals surface area contributed by atoms with Crippen molar-refractivity contribution in [1.82, 2.24) is 0 Å². The largest absolute Gasteiger partial charge is 0.481 e. The molecule has 0 aliphatic carbocycles. The van der Waals surface area contributed by atoms with Crippen LogP contribution < -0.4 is 0 Å². The normalized spacial score (nSPS) is 9.81. The zero-order chi connectivity index (χ0) is 12.1. The van der Waals surface area contributed by atoms with E-state index in [1.54, 1.807) is 12.1 Å². The van der Waals surface area contributed by atoms with Crippen molar-refractivity contribution >= 4 is 5.97 Å². The van der Waals surface area contributed by atoms with Gasteiger partial charge in [-0.2, -0.15) is 5.26 Å². The van der Waals surface area contributed by atoms with Gasteiger partial charge in [-0.15, -0.1) is 0 Å². The summed E-state index contributed by atoms with van der Waals surface area (Å²) in [7, 11) is 0. The molecule has 0 spiro atoms. The molecule has 2 N–H and O–H groups in total. The van der Waals surface area contributed by atoms with Crippen LogP contribution in [0.5, 0.6) is 0 Å². The third-order valence-corrected chi connectivity index (χ3v) is 2.40. The minimum atomic E-state index is -0.936. The summed E-state index contributed by atoms with van der Waals surface area (Å²) in [6, 6.07) is 5.28. The molecule has 16 heavy (non-hydrogen) atoms. The van der Waals surface area contributed by atoms with Crippen LogP contribution in [0, 0.1) is 11.3 Å². The number of carboxylic acid groups (broad SMARTS) is 1. The van der Waals surface area contributed by atoms with Gasteiger partial charge in [0.25, 0.3) is 0 Å². The topological polar surface area (TPSA) is 81.3 Å². The first kappa shape index (κ1) is 12.2. The maximum absolute atomic E-state index is 10.7. The van der Waals surface area contributed by atoms with Crippen molar-refractivity contribution in [2.75, 3.05) is 0 Å². The number of aliphatic hydroxyl groups is 1. The number of nitriles is 1. The molecule has 0 radical (unpaired) electrons. The molecule has 0 aliphatic heterocycles. The Kier molecular flexibility index (Phi) is 4.03. The smallest absolute Gasteiger partial charge is 0.307 e. The van der Waals surface area contributed by atoms with Crippen LogP contribution >= 0.6 is 0 Å². The van der Waals surface area contributed by atoms with Gasteiger partial charge in [-0.25, -0.2) is 0 Å². The summed E-state index contributed by atoms with van der Waals surface area (Å²) in [5, 5.41) is 26.7. The molecule has 0 heterocycles. The van der Waals surface area contributed by atoms with Gasteiger partial charge in [0, 0.05) is 0 Å². The van der Waals surface area contributed by atoms with Crippen LogP contribution in [0.3, 0.4) is 0 Å². The van der Waals surface area contributed by atoms with E-state index in [9.17, 15) is 4.79 Å². The van der Waals surface area contributed by atoms with Gasteiger partial charge in [0.1, 0.15) is 0 Å². The Labute approximate surface area is 93.8 Å². The SMILES string of the molecule is CCc1c(C#N)cc(CO)cc1CC(=O)O. The summed E-state index contributed by atoms with van der Waals surface area (Å²) < 4.78 is 0. The summed E-state index contributed by atoms with van der Waals surface area (Å²) >= 11 is 0. The van der Waals surface area contributed by atoms with E-state index in [1.807, 2.05) is 13.0 Å². The van der Waals surface area contributed by atoms with Gasteiger partial charge >= 0.3 is 5.97 Å². The minimum Gasteiger partial charge on any atom is -0.481 e. The van der Waals surface area contributed by atoms with Gasteiger partial charge in [-0.05, 0) is 29.2 Å². The van der Waals surface area contributed by atoms with E-state index in [1.165, 1.54) is 0 Å². The van der Waals surface area contributed by atoms with Crippen LogP contribution in [0.4, 0.5) is 0 Å². The summed E-state index contributed by atoms with van der Waals surface area (Å²) in [5.41, 5.74) is 2.38. The Bertz CT molecular complexity index is 446. The van der Waals surface area contributed by atoms with Crippen molar-refractivity contribution in [3.05, 3.63) is 34.4 Å². The molecule has 0 bridgehead atoms. The molecule has 1 aromatic carbocycles. The van der Waals surface area contributed by atoms with Crippen molar-refractivity contribution in [3.8, 4) is 6.07 Å². The fraction of sp³-hybridized carbons (Fsp3) is 0.333. The average molecular weight is 219 g/mol. The highest BCUT2D eigenvalue weighted by molar-refractivity contribution is 5.71. The Morgan fingerprint density at radius 2 is 2.19 bits per heavy atom. The number of nitrogens with zero attached hydrogens (tertiary/aromatic N) is 1. The van der Waals surface area contributed by atoms with E-state index in [4.69, 9.17) is 15.5 Å². The minimum absolute atomic E-state index is 0.119. The third-order valence-electron chi connectivity index (χ3n) is 2.40. The van der Waals surface area contributed by atoms with Gasteiger partial charge in [0.05, 0.1) is 24.7 Å². The van der Waals surface area contributed by atoms with Crippen molar-refractivity contribution in [3.63, 3.8) is 0 Å². The number of hydrogen-bond donors (Lipinski definition) is 2. The highest BCUT2D eigenvalue weighted by atomic mass is 16.4. The quantitative estimate of drug-likeness (QED) is 0.798. The number of carboxylic acids is 1. The number of rotatable bonds is 4. The second-order valence-electron chi connectivity index (χ2n) is 3.48. The summed E-state index contributed by atoms with van der Waals surface area (Å²) in [6.45, 7) is 1.69. The van der Waals surface area contributed by atoms with Crippen LogP contribution in [0.2, 0.25) is 0 Å². The number of carbonyl (C=O) groups is 1. The standard InChI is InChI=1S/C12H13NO3/c1-2-11-9(5-12(15)16)3-8(7-14)4-10(11)6-13/h3-4,14H,2,5,7H2,1H3,(H,15,16). The molecule has 0 amide bonds. The highest BCUT2D eigenvalue weighted by Crippen LogP contribution is 2.19. The number of hydrogen-bond acceptors (Lipinski definition) is 3. The van der Waals surface area contributed by atoms with E-state index in [0.29, 0.717) is 23.1 Å². The monoisotopic (exact) mass is 219 g/mol. The molecule has 4 nitrogen and oxygen atoms in total. The Balaban J connectivity index is 3.32. The predicted octanol–water partition coefficient (Wildman–Crippen LogP) is 1.24. The predicted molar refractivity (Wildman–Crippen MR) is 57.8 cm³/mol. The van der Waals surface area contributed by atoms with Crippen molar-refractivity contribution < 1.29 is 15.0 Å². The van der Waals surface area contributed by atoms with Crippen molar-refractivity contribution in [2.24, 2.45) is 0 Å². The molecule has 0 saturated carbocycles. The van der Waals surface area contributed by atoms with E-state index < -0.39 is 5.97 Å². The fourth-order valence-corrected chi connectivity index (χ4v) is 1.73. The van der Waals surface area contributed by atoms with Crippen LogP contribution in [-0.4, -0.2) is 16.2 Å². The van der Waals surface area contributed by atoms with Crippen LogP contribution in [0.1, 0.15) is 29.2 Å². The molecule has 4 heteroatoms. The van der Waals surface area contributed by atoms with Crippen LogP contribution in [-0.2, 0) is 24.2 Å². The molecule has 0 unspecified atom stereocenters.